The zero-order valence-electron chi connectivity index (χ0n) is 4.10. The lowest BCUT2D eigenvalue weighted by atomic mass is 10.5. The van der Waals surface area contributed by atoms with Crippen molar-refractivity contribution in [3.05, 3.63) is 0 Å². The van der Waals surface area contributed by atoms with Crippen molar-refractivity contribution in [3.8, 4) is 0 Å². The molecule has 0 aromatic carbocycles. The summed E-state index contributed by atoms with van der Waals surface area (Å²) in [6, 6.07) is 0. The average molecular weight is 101 g/mol. The third-order valence-electron chi connectivity index (χ3n) is 0.442. The van der Waals surface area contributed by atoms with Crippen LogP contribution in [-0.4, -0.2) is 25.7 Å². The van der Waals surface area contributed by atoms with Crippen LogP contribution in [0.1, 0.15) is 0 Å². The highest BCUT2D eigenvalue weighted by molar-refractivity contribution is 6.27. The minimum absolute atomic E-state index is 0.0255. The van der Waals surface area contributed by atoms with Crippen molar-refractivity contribution in [2.24, 2.45) is 0 Å². The molecule has 0 radical (unpaired) electrons. The molecule has 7 heavy (non-hydrogen) atoms. The van der Waals surface area contributed by atoms with Crippen molar-refractivity contribution >= 4 is 12.0 Å². The van der Waals surface area contributed by atoms with Gasteiger partial charge in [-0.2, -0.15) is 0 Å². The van der Waals surface area contributed by atoms with E-state index in [1.807, 2.05) is 0 Å². The number of nitrogens with one attached hydrogen (secondary N) is 1. The summed E-state index contributed by atoms with van der Waals surface area (Å²) in [5.74, 6) is 0. The van der Waals surface area contributed by atoms with Crippen LogP contribution >= 0.6 is 0 Å². The Bertz CT molecular complexity index is 79.8. The van der Waals surface area contributed by atoms with Crippen molar-refractivity contribution < 1.29 is 9.53 Å². The average Bonchev–Trinajstić information content (AvgIpc) is 1.68. The molecule has 1 N–H and O–H groups in total. The lowest BCUT2D eigenvalue weighted by molar-refractivity contribution is -0.103. The molecule has 0 amide bonds. The molecule has 0 spiro atoms. The molecule has 40 valence electrons. The maximum absolute atomic E-state index is 9.59. The van der Waals surface area contributed by atoms with Gasteiger partial charge in [0.05, 0.1) is 12.3 Å². The second-order valence-corrected chi connectivity index (χ2v) is 1.08. The van der Waals surface area contributed by atoms with E-state index in [0.717, 1.165) is 0 Å². The number of ether oxygens (including phenoxy) is 1. The van der Waals surface area contributed by atoms with Crippen LogP contribution in [0.5, 0.6) is 0 Å². The van der Waals surface area contributed by atoms with E-state index < -0.39 is 0 Å². The molecule has 3 nitrogen and oxygen atoms in total. The Morgan fingerprint density at radius 1 is 2.00 bits per heavy atom. The second-order valence-electron chi connectivity index (χ2n) is 1.08. The summed E-state index contributed by atoms with van der Waals surface area (Å²) in [6.07, 6.45) is 0.462. The van der Waals surface area contributed by atoms with Gasteiger partial charge in [0.2, 0.25) is 0 Å². The first kappa shape index (κ1) is 6.30. The maximum atomic E-state index is 9.59. The lowest BCUT2D eigenvalue weighted by Gasteiger charge is -1.87. The van der Waals surface area contributed by atoms with Crippen molar-refractivity contribution in [2.75, 3.05) is 13.7 Å². The second kappa shape index (κ2) is 3.49. The van der Waals surface area contributed by atoms with Crippen LogP contribution in [0, 0.1) is 5.41 Å². The Morgan fingerprint density at radius 2 is 2.57 bits per heavy atom. The smallest absolute Gasteiger partial charge is 0.165 e. The minimum Gasteiger partial charge on any atom is -0.378 e. The predicted molar refractivity (Wildman–Crippen MR) is 25.7 cm³/mol. The van der Waals surface area contributed by atoms with Crippen LogP contribution in [0.3, 0.4) is 0 Å². The topological polar surface area (TPSA) is 50.1 Å². The number of carbonyl (C=O) groups is 1. The molecular weight excluding hydrogens is 94.0 g/mol. The molecule has 0 unspecified atom stereocenters. The fourth-order valence-electron chi connectivity index (χ4n) is 0.190. The van der Waals surface area contributed by atoms with E-state index in [1.54, 1.807) is 0 Å². The number of carbonyl (C=O) groups excluding carboxylic acids is 1. The standard InChI is InChI=1S/C4H7NO2/c1-7-3-4(5)2-6/h2,5H,3H2,1H3. The molecule has 0 aliphatic heterocycles. The molecule has 0 saturated carbocycles. The largest absolute Gasteiger partial charge is 0.378 e. The number of rotatable bonds is 3. The Kier molecular flexibility index (Phi) is 3.14. The molecule has 0 aromatic rings. The molecule has 0 fully saturated rings. The normalized spacial score (nSPS) is 8.14. The first-order valence-electron chi connectivity index (χ1n) is 1.82. The zero-order chi connectivity index (χ0) is 5.70. The summed E-state index contributed by atoms with van der Waals surface area (Å²) < 4.78 is 4.44. The van der Waals surface area contributed by atoms with Crippen molar-refractivity contribution in [1.29, 1.82) is 5.41 Å². The predicted octanol–water partition coefficient (Wildman–Crippen LogP) is -0.149. The van der Waals surface area contributed by atoms with Gasteiger partial charge in [-0.1, -0.05) is 0 Å². The molecule has 0 atom stereocenters. The summed E-state index contributed by atoms with van der Waals surface area (Å²) in [5, 5.41) is 6.64. The van der Waals surface area contributed by atoms with Crippen molar-refractivity contribution in [3.63, 3.8) is 0 Å². The van der Waals surface area contributed by atoms with Gasteiger partial charge in [-0.15, -0.1) is 0 Å². The first-order chi connectivity index (χ1) is 3.31. The number of hydrogen-bond acceptors (Lipinski definition) is 3. The van der Waals surface area contributed by atoms with Gasteiger partial charge in [-0.3, -0.25) is 10.2 Å². The van der Waals surface area contributed by atoms with E-state index in [4.69, 9.17) is 5.41 Å². The van der Waals surface area contributed by atoms with E-state index in [2.05, 4.69) is 4.74 Å². The van der Waals surface area contributed by atoms with Crippen molar-refractivity contribution in [1.82, 2.24) is 0 Å². The summed E-state index contributed by atoms with van der Waals surface area (Å²) in [7, 11) is 1.44. The molecule has 0 bridgehead atoms. The van der Waals surface area contributed by atoms with Gasteiger partial charge in [0.25, 0.3) is 0 Å². The van der Waals surface area contributed by atoms with E-state index >= 15 is 0 Å². The van der Waals surface area contributed by atoms with E-state index in [-0.39, 0.29) is 12.3 Å². The third kappa shape index (κ3) is 3.12. The SMILES string of the molecule is COCC(=N)C=O. The van der Waals surface area contributed by atoms with E-state index in [9.17, 15) is 4.79 Å². The minimum atomic E-state index is -0.0255. The van der Waals surface area contributed by atoms with E-state index in [0.29, 0.717) is 6.29 Å². The zero-order valence-corrected chi connectivity index (χ0v) is 4.10. The van der Waals surface area contributed by atoms with Gasteiger partial charge < -0.3 is 4.74 Å². The van der Waals surface area contributed by atoms with Crippen LogP contribution in [0.25, 0.3) is 0 Å². The molecule has 0 rings (SSSR count). The maximum Gasteiger partial charge on any atom is 0.165 e. The highest BCUT2D eigenvalue weighted by Gasteiger charge is 1.86. The Morgan fingerprint density at radius 3 is 2.71 bits per heavy atom. The fourth-order valence-corrected chi connectivity index (χ4v) is 0.190. The molecule has 3 heteroatoms. The lowest BCUT2D eigenvalue weighted by Crippen LogP contribution is -2.05. The number of hydrogen-bond donors (Lipinski definition) is 1. The summed E-state index contributed by atoms with van der Waals surface area (Å²) in [5.41, 5.74) is -0.0255. The third-order valence-corrected chi connectivity index (χ3v) is 0.442. The Labute approximate surface area is 41.8 Å². The number of methoxy groups -OCH3 is 1. The van der Waals surface area contributed by atoms with Gasteiger partial charge in [-0.25, -0.2) is 0 Å². The molecule has 0 aliphatic rings. The number of aldehydes is 1. The molecule has 0 aromatic heterocycles. The highest BCUT2D eigenvalue weighted by atomic mass is 16.5. The first-order valence-corrected chi connectivity index (χ1v) is 1.82. The van der Waals surface area contributed by atoms with Crippen LogP contribution in [0.4, 0.5) is 0 Å². The van der Waals surface area contributed by atoms with Crippen LogP contribution in [-0.2, 0) is 9.53 Å². The Hall–Kier alpha value is -0.700. The van der Waals surface area contributed by atoms with Gasteiger partial charge in [-0.05, 0) is 0 Å². The van der Waals surface area contributed by atoms with Crippen LogP contribution in [0.15, 0.2) is 0 Å². The summed E-state index contributed by atoms with van der Waals surface area (Å²) in [4.78, 5) is 9.59. The van der Waals surface area contributed by atoms with Gasteiger partial charge in [0.1, 0.15) is 0 Å². The summed E-state index contributed by atoms with van der Waals surface area (Å²) in [6.45, 7) is 0.115. The van der Waals surface area contributed by atoms with Crippen LogP contribution < -0.4 is 0 Å². The molecule has 0 aliphatic carbocycles. The summed E-state index contributed by atoms with van der Waals surface area (Å²) >= 11 is 0. The van der Waals surface area contributed by atoms with Gasteiger partial charge in [0, 0.05) is 7.11 Å². The highest BCUT2D eigenvalue weighted by Crippen LogP contribution is 1.65. The monoisotopic (exact) mass is 101 g/mol. The quantitative estimate of drug-likeness (QED) is 0.397. The molecule has 0 saturated heterocycles. The fraction of sp³-hybridized carbons (Fsp3) is 0.500. The van der Waals surface area contributed by atoms with Gasteiger partial charge >= 0.3 is 0 Å². The van der Waals surface area contributed by atoms with E-state index in [1.165, 1.54) is 7.11 Å². The molecule has 0 heterocycles. The van der Waals surface area contributed by atoms with Gasteiger partial charge in [0.15, 0.2) is 6.29 Å². The van der Waals surface area contributed by atoms with Crippen molar-refractivity contribution in [2.45, 2.75) is 0 Å². The molecular formula is C4H7NO2. The Balaban J connectivity index is 3.17. The van der Waals surface area contributed by atoms with Crippen LogP contribution in [0.2, 0.25) is 0 Å².